The quantitative estimate of drug-likeness (QED) is 0.583. The molecular formula is C22H32N4S. The molecule has 1 N–H and O–H groups in total. The van der Waals surface area contributed by atoms with Gasteiger partial charge in [-0.15, -0.1) is 11.3 Å². The van der Waals surface area contributed by atoms with E-state index >= 15 is 0 Å². The summed E-state index contributed by atoms with van der Waals surface area (Å²) < 4.78 is 0. The minimum atomic E-state index is 0.635. The molecule has 2 unspecified atom stereocenters. The second kappa shape index (κ2) is 9.90. The van der Waals surface area contributed by atoms with Gasteiger partial charge in [0.05, 0.1) is 0 Å². The minimum absolute atomic E-state index is 0.635. The van der Waals surface area contributed by atoms with E-state index in [4.69, 9.17) is 0 Å². The molecule has 1 aliphatic heterocycles. The highest BCUT2D eigenvalue weighted by Gasteiger charge is 2.29. The molecule has 0 aliphatic carbocycles. The fourth-order valence-corrected chi connectivity index (χ4v) is 4.56. The summed E-state index contributed by atoms with van der Waals surface area (Å²) in [6.07, 6.45) is 2.32. The predicted molar refractivity (Wildman–Crippen MR) is 116 cm³/mol. The van der Waals surface area contributed by atoms with E-state index in [0.29, 0.717) is 12.0 Å². The molecule has 5 heteroatoms. The van der Waals surface area contributed by atoms with Gasteiger partial charge in [0.2, 0.25) is 0 Å². The molecule has 1 aliphatic rings. The van der Waals surface area contributed by atoms with E-state index in [9.17, 15) is 0 Å². The third-order valence-corrected chi connectivity index (χ3v) is 6.35. The second-order valence-electron chi connectivity index (χ2n) is 7.54. The van der Waals surface area contributed by atoms with Gasteiger partial charge in [0.1, 0.15) is 0 Å². The van der Waals surface area contributed by atoms with Gasteiger partial charge >= 0.3 is 0 Å². The van der Waals surface area contributed by atoms with E-state index in [0.717, 1.165) is 38.6 Å². The number of likely N-dealkylation sites (N-methyl/N-ethyl adjacent to an activating group) is 1. The van der Waals surface area contributed by atoms with Crippen molar-refractivity contribution in [3.05, 3.63) is 58.3 Å². The molecule has 1 fully saturated rings. The SMILES string of the molecule is CN=C(NCC1CC(C)N(Cc2ccccc2)C1)N(C)CCc1cccs1. The van der Waals surface area contributed by atoms with Gasteiger partial charge in [-0.05, 0) is 42.7 Å². The van der Waals surface area contributed by atoms with E-state index in [1.165, 1.54) is 16.9 Å². The van der Waals surface area contributed by atoms with Crippen molar-refractivity contribution in [3.8, 4) is 0 Å². The molecule has 4 nitrogen and oxygen atoms in total. The molecule has 0 amide bonds. The Hall–Kier alpha value is -1.85. The van der Waals surface area contributed by atoms with Crippen LogP contribution in [0.25, 0.3) is 0 Å². The Labute approximate surface area is 167 Å². The molecule has 3 rings (SSSR count). The first kappa shape index (κ1) is 19.9. The van der Waals surface area contributed by atoms with Crippen molar-refractivity contribution in [1.82, 2.24) is 15.1 Å². The first-order valence-electron chi connectivity index (χ1n) is 9.88. The molecule has 1 aromatic carbocycles. The number of hydrogen-bond acceptors (Lipinski definition) is 3. The smallest absolute Gasteiger partial charge is 0.193 e. The number of guanidine groups is 1. The van der Waals surface area contributed by atoms with Crippen LogP contribution in [-0.4, -0.2) is 55.5 Å². The van der Waals surface area contributed by atoms with Crippen LogP contribution in [0.2, 0.25) is 0 Å². The zero-order valence-corrected chi connectivity index (χ0v) is 17.6. The average molecular weight is 385 g/mol. The van der Waals surface area contributed by atoms with Gasteiger partial charge in [0.25, 0.3) is 0 Å². The van der Waals surface area contributed by atoms with Gasteiger partial charge in [-0.3, -0.25) is 9.89 Å². The van der Waals surface area contributed by atoms with Gasteiger partial charge < -0.3 is 10.2 Å². The first-order chi connectivity index (χ1) is 13.2. The largest absolute Gasteiger partial charge is 0.356 e. The van der Waals surface area contributed by atoms with Crippen molar-refractivity contribution in [2.24, 2.45) is 10.9 Å². The lowest BCUT2D eigenvalue weighted by Crippen LogP contribution is -2.42. The highest BCUT2D eigenvalue weighted by atomic mass is 32.1. The van der Waals surface area contributed by atoms with Crippen LogP contribution in [0.5, 0.6) is 0 Å². The average Bonchev–Trinajstić information content (AvgIpc) is 3.31. The monoisotopic (exact) mass is 384 g/mol. The maximum atomic E-state index is 4.48. The van der Waals surface area contributed by atoms with Crippen molar-refractivity contribution in [1.29, 1.82) is 0 Å². The number of hydrogen-bond donors (Lipinski definition) is 1. The van der Waals surface area contributed by atoms with Crippen LogP contribution in [-0.2, 0) is 13.0 Å². The van der Waals surface area contributed by atoms with Crippen LogP contribution in [0.3, 0.4) is 0 Å². The van der Waals surface area contributed by atoms with E-state index < -0.39 is 0 Å². The molecule has 146 valence electrons. The summed E-state index contributed by atoms with van der Waals surface area (Å²) in [5, 5.41) is 5.74. The summed E-state index contributed by atoms with van der Waals surface area (Å²) in [4.78, 5) is 10.7. The van der Waals surface area contributed by atoms with Crippen LogP contribution < -0.4 is 5.32 Å². The molecule has 27 heavy (non-hydrogen) atoms. The summed E-state index contributed by atoms with van der Waals surface area (Å²) in [7, 11) is 4.00. The van der Waals surface area contributed by atoms with Crippen LogP contribution >= 0.6 is 11.3 Å². The third kappa shape index (κ3) is 5.81. The zero-order chi connectivity index (χ0) is 19.1. The van der Waals surface area contributed by atoms with E-state index in [-0.39, 0.29) is 0 Å². The fraction of sp³-hybridized carbons (Fsp3) is 0.500. The Morgan fingerprint density at radius 3 is 2.78 bits per heavy atom. The Balaban J connectivity index is 1.44. The second-order valence-corrected chi connectivity index (χ2v) is 8.58. The molecule has 2 heterocycles. The predicted octanol–water partition coefficient (Wildman–Crippen LogP) is 3.71. The summed E-state index contributed by atoms with van der Waals surface area (Å²) >= 11 is 1.83. The molecule has 1 aromatic heterocycles. The third-order valence-electron chi connectivity index (χ3n) is 5.41. The fourth-order valence-electron chi connectivity index (χ4n) is 3.86. The lowest BCUT2D eigenvalue weighted by atomic mass is 10.1. The maximum Gasteiger partial charge on any atom is 0.193 e. The molecule has 1 saturated heterocycles. The zero-order valence-electron chi connectivity index (χ0n) is 16.8. The summed E-state index contributed by atoms with van der Waals surface area (Å²) in [6, 6.07) is 15.8. The number of aliphatic imine (C=N–C) groups is 1. The van der Waals surface area contributed by atoms with E-state index in [1.807, 2.05) is 18.4 Å². The number of rotatable bonds is 7. The topological polar surface area (TPSA) is 30.9 Å². The first-order valence-corrected chi connectivity index (χ1v) is 10.8. The minimum Gasteiger partial charge on any atom is -0.356 e. The normalized spacial score (nSPS) is 20.8. The summed E-state index contributed by atoms with van der Waals surface area (Å²) in [5.41, 5.74) is 1.40. The van der Waals surface area contributed by atoms with Crippen molar-refractivity contribution in [3.63, 3.8) is 0 Å². The van der Waals surface area contributed by atoms with E-state index in [1.54, 1.807) is 0 Å². The van der Waals surface area contributed by atoms with Crippen LogP contribution in [0.1, 0.15) is 23.8 Å². The standard InChI is InChI=1S/C22H32N4S/c1-18-14-20(17-26(18)16-19-8-5-4-6-9-19)15-24-22(23-2)25(3)12-11-21-10-7-13-27-21/h4-10,13,18,20H,11-12,14-17H2,1-3H3,(H,23,24). The van der Waals surface area contributed by atoms with Crippen molar-refractivity contribution >= 4 is 17.3 Å². The van der Waals surface area contributed by atoms with Crippen molar-refractivity contribution in [2.45, 2.75) is 32.4 Å². The van der Waals surface area contributed by atoms with Crippen molar-refractivity contribution in [2.75, 3.05) is 33.7 Å². The molecule has 0 radical (unpaired) electrons. The van der Waals surface area contributed by atoms with Gasteiger partial charge in [-0.1, -0.05) is 36.4 Å². The molecule has 2 aromatic rings. The van der Waals surface area contributed by atoms with Crippen LogP contribution in [0.4, 0.5) is 0 Å². The number of nitrogens with zero attached hydrogens (tertiary/aromatic N) is 3. The Morgan fingerprint density at radius 2 is 2.07 bits per heavy atom. The van der Waals surface area contributed by atoms with Crippen molar-refractivity contribution < 1.29 is 0 Å². The number of benzene rings is 1. The molecule has 0 saturated carbocycles. The summed E-state index contributed by atoms with van der Waals surface area (Å²) in [5.74, 6) is 1.67. The Kier molecular flexibility index (Phi) is 7.30. The van der Waals surface area contributed by atoms with Crippen LogP contribution in [0.15, 0.2) is 52.8 Å². The molecule has 2 atom stereocenters. The molecule has 0 spiro atoms. The number of nitrogens with one attached hydrogen (secondary N) is 1. The molecule has 0 bridgehead atoms. The highest BCUT2D eigenvalue weighted by Crippen LogP contribution is 2.24. The van der Waals surface area contributed by atoms with Gasteiger partial charge in [0, 0.05) is 51.2 Å². The van der Waals surface area contributed by atoms with Gasteiger partial charge in [-0.25, -0.2) is 0 Å². The number of likely N-dealkylation sites (tertiary alicyclic amines) is 1. The van der Waals surface area contributed by atoms with Gasteiger partial charge in [0.15, 0.2) is 5.96 Å². The highest BCUT2D eigenvalue weighted by molar-refractivity contribution is 7.09. The molecular weight excluding hydrogens is 352 g/mol. The van der Waals surface area contributed by atoms with E-state index in [2.05, 4.69) is 81.9 Å². The Morgan fingerprint density at radius 1 is 1.26 bits per heavy atom. The Bertz CT molecular complexity index is 698. The van der Waals surface area contributed by atoms with Crippen LogP contribution in [0, 0.1) is 5.92 Å². The lowest BCUT2D eigenvalue weighted by Gasteiger charge is -2.23. The van der Waals surface area contributed by atoms with Gasteiger partial charge in [-0.2, -0.15) is 0 Å². The number of thiophene rings is 1. The lowest BCUT2D eigenvalue weighted by molar-refractivity contribution is 0.255. The maximum absolute atomic E-state index is 4.48. The summed E-state index contributed by atoms with van der Waals surface area (Å²) in [6.45, 7) is 6.53.